The van der Waals surface area contributed by atoms with Gasteiger partial charge in [0.2, 0.25) is 5.91 Å². The number of halogens is 1. The highest BCUT2D eigenvalue weighted by Crippen LogP contribution is 2.19. The van der Waals surface area contributed by atoms with Crippen molar-refractivity contribution in [2.75, 3.05) is 18.4 Å². The molecule has 0 aliphatic rings. The number of rotatable bonds is 4. The van der Waals surface area contributed by atoms with Crippen LogP contribution in [0.2, 0.25) is 5.02 Å². The van der Waals surface area contributed by atoms with Crippen LogP contribution in [0.3, 0.4) is 0 Å². The fraction of sp³-hybridized carbons (Fsp3) is 0.308. The maximum Gasteiger partial charge on any atom is 0.313 e. The minimum absolute atomic E-state index is 0.181. The summed E-state index contributed by atoms with van der Waals surface area (Å²) in [7, 11) is 0. The Morgan fingerprint density at radius 1 is 1.10 bits per heavy atom. The van der Waals surface area contributed by atoms with Gasteiger partial charge in [0.05, 0.1) is 0 Å². The van der Waals surface area contributed by atoms with E-state index in [0.717, 1.165) is 5.56 Å². The van der Waals surface area contributed by atoms with Gasteiger partial charge in [-0.15, -0.1) is 0 Å². The van der Waals surface area contributed by atoms with Crippen molar-refractivity contribution in [3.05, 3.63) is 28.8 Å². The molecule has 0 aromatic heterocycles. The molecule has 1 aromatic carbocycles. The Morgan fingerprint density at radius 3 is 2.35 bits per heavy atom. The van der Waals surface area contributed by atoms with E-state index in [2.05, 4.69) is 16.0 Å². The maximum atomic E-state index is 11.6. The van der Waals surface area contributed by atoms with Crippen LogP contribution >= 0.6 is 11.6 Å². The number of benzene rings is 1. The molecule has 0 radical (unpaired) electrons. The van der Waals surface area contributed by atoms with Crippen LogP contribution in [-0.2, 0) is 14.4 Å². The first-order chi connectivity index (χ1) is 9.40. The van der Waals surface area contributed by atoms with E-state index in [-0.39, 0.29) is 19.0 Å². The molecule has 6 nitrogen and oxygen atoms in total. The van der Waals surface area contributed by atoms with Crippen molar-refractivity contribution >= 4 is 35.0 Å². The van der Waals surface area contributed by atoms with Crippen LogP contribution in [0.15, 0.2) is 18.2 Å². The molecule has 20 heavy (non-hydrogen) atoms. The van der Waals surface area contributed by atoms with Crippen LogP contribution in [0.4, 0.5) is 5.69 Å². The third kappa shape index (κ3) is 5.27. The van der Waals surface area contributed by atoms with Crippen molar-refractivity contribution in [1.29, 1.82) is 0 Å². The SMILES string of the molecule is CC(=O)NCCNC(=O)C(=O)Nc1ccc(C)c(Cl)c1. The minimum atomic E-state index is -0.784. The second kappa shape index (κ2) is 7.49. The Balaban J connectivity index is 2.43. The fourth-order valence-corrected chi connectivity index (χ4v) is 1.53. The van der Waals surface area contributed by atoms with E-state index in [0.29, 0.717) is 10.7 Å². The number of hydrogen-bond acceptors (Lipinski definition) is 3. The van der Waals surface area contributed by atoms with E-state index in [9.17, 15) is 14.4 Å². The first kappa shape index (κ1) is 16.0. The zero-order valence-corrected chi connectivity index (χ0v) is 12.0. The van der Waals surface area contributed by atoms with Gasteiger partial charge in [-0.1, -0.05) is 17.7 Å². The van der Waals surface area contributed by atoms with Gasteiger partial charge in [-0.25, -0.2) is 0 Å². The third-order valence-electron chi connectivity index (χ3n) is 2.42. The Morgan fingerprint density at radius 2 is 1.75 bits per heavy atom. The molecule has 0 fully saturated rings. The van der Waals surface area contributed by atoms with Crippen molar-refractivity contribution in [2.24, 2.45) is 0 Å². The summed E-state index contributed by atoms with van der Waals surface area (Å²) < 4.78 is 0. The summed E-state index contributed by atoms with van der Waals surface area (Å²) in [4.78, 5) is 33.7. The van der Waals surface area contributed by atoms with Gasteiger partial charge in [0, 0.05) is 30.7 Å². The molecule has 0 atom stereocenters. The number of aryl methyl sites for hydroxylation is 1. The summed E-state index contributed by atoms with van der Waals surface area (Å²) in [6.45, 7) is 3.66. The van der Waals surface area contributed by atoms with Crippen LogP contribution in [0.1, 0.15) is 12.5 Å². The minimum Gasteiger partial charge on any atom is -0.355 e. The van der Waals surface area contributed by atoms with Crippen molar-refractivity contribution in [1.82, 2.24) is 10.6 Å². The first-order valence-electron chi connectivity index (χ1n) is 6.00. The first-order valence-corrected chi connectivity index (χ1v) is 6.37. The molecule has 3 N–H and O–H groups in total. The molecule has 0 bridgehead atoms. The lowest BCUT2D eigenvalue weighted by Gasteiger charge is -2.07. The monoisotopic (exact) mass is 297 g/mol. The smallest absolute Gasteiger partial charge is 0.313 e. The second-order valence-electron chi connectivity index (χ2n) is 4.16. The van der Waals surface area contributed by atoms with E-state index in [1.807, 2.05) is 6.92 Å². The molecular formula is C13H16ClN3O3. The Hall–Kier alpha value is -2.08. The topological polar surface area (TPSA) is 87.3 Å². The molecule has 0 aliphatic carbocycles. The Bertz CT molecular complexity index is 532. The van der Waals surface area contributed by atoms with Crippen LogP contribution in [0, 0.1) is 6.92 Å². The van der Waals surface area contributed by atoms with Gasteiger partial charge in [-0.3, -0.25) is 14.4 Å². The average molecular weight is 298 g/mol. The number of amides is 3. The summed E-state index contributed by atoms with van der Waals surface area (Å²) in [5.41, 5.74) is 1.33. The molecule has 0 heterocycles. The molecule has 0 saturated carbocycles. The van der Waals surface area contributed by atoms with Crippen molar-refractivity contribution in [2.45, 2.75) is 13.8 Å². The molecule has 3 amide bonds. The summed E-state index contributed by atoms with van der Waals surface area (Å²) in [6.07, 6.45) is 0. The largest absolute Gasteiger partial charge is 0.355 e. The molecule has 0 unspecified atom stereocenters. The lowest BCUT2D eigenvalue weighted by Crippen LogP contribution is -2.39. The molecule has 1 aromatic rings. The van der Waals surface area contributed by atoms with Crippen LogP contribution in [-0.4, -0.2) is 30.8 Å². The number of nitrogens with one attached hydrogen (secondary N) is 3. The van der Waals surface area contributed by atoms with Gasteiger partial charge in [0.15, 0.2) is 0 Å². The van der Waals surface area contributed by atoms with Crippen LogP contribution < -0.4 is 16.0 Å². The average Bonchev–Trinajstić information content (AvgIpc) is 2.38. The highest BCUT2D eigenvalue weighted by Gasteiger charge is 2.13. The number of hydrogen-bond donors (Lipinski definition) is 3. The van der Waals surface area contributed by atoms with Crippen molar-refractivity contribution in [3.8, 4) is 0 Å². The fourth-order valence-electron chi connectivity index (χ4n) is 1.35. The molecule has 108 valence electrons. The third-order valence-corrected chi connectivity index (χ3v) is 2.83. The maximum absolute atomic E-state index is 11.6. The van der Waals surface area contributed by atoms with Gasteiger partial charge < -0.3 is 16.0 Å². The number of carbonyl (C=O) groups excluding carboxylic acids is 3. The highest BCUT2D eigenvalue weighted by atomic mass is 35.5. The molecular weight excluding hydrogens is 282 g/mol. The Kier molecular flexibility index (Phi) is 5.99. The predicted octanol–water partition coefficient (Wildman–Crippen LogP) is 0.839. The zero-order valence-electron chi connectivity index (χ0n) is 11.2. The molecule has 7 heteroatoms. The summed E-state index contributed by atoms with van der Waals surface area (Å²) in [5, 5.41) is 7.83. The van der Waals surface area contributed by atoms with Gasteiger partial charge >= 0.3 is 11.8 Å². The number of carbonyl (C=O) groups is 3. The standard InChI is InChI=1S/C13H16ClN3O3/c1-8-3-4-10(7-11(8)14)17-13(20)12(19)16-6-5-15-9(2)18/h3-4,7H,5-6H2,1-2H3,(H,15,18)(H,16,19)(H,17,20). The summed E-state index contributed by atoms with van der Waals surface area (Å²) >= 11 is 5.92. The molecule has 0 saturated heterocycles. The van der Waals surface area contributed by atoms with Gasteiger partial charge in [-0.2, -0.15) is 0 Å². The second-order valence-corrected chi connectivity index (χ2v) is 4.56. The van der Waals surface area contributed by atoms with E-state index in [1.165, 1.54) is 6.92 Å². The zero-order chi connectivity index (χ0) is 15.1. The van der Waals surface area contributed by atoms with Crippen molar-refractivity contribution < 1.29 is 14.4 Å². The lowest BCUT2D eigenvalue weighted by atomic mass is 10.2. The van der Waals surface area contributed by atoms with E-state index in [1.54, 1.807) is 18.2 Å². The van der Waals surface area contributed by atoms with Gasteiger partial charge in [0.25, 0.3) is 0 Å². The Labute approximate surface area is 121 Å². The molecule has 0 aliphatic heterocycles. The summed E-state index contributed by atoms with van der Waals surface area (Å²) in [5.74, 6) is -1.75. The summed E-state index contributed by atoms with van der Waals surface area (Å²) in [6, 6.07) is 4.97. The quantitative estimate of drug-likeness (QED) is 0.568. The van der Waals surface area contributed by atoms with Gasteiger partial charge in [0.1, 0.15) is 0 Å². The molecule has 0 spiro atoms. The lowest BCUT2D eigenvalue weighted by molar-refractivity contribution is -0.136. The van der Waals surface area contributed by atoms with E-state index >= 15 is 0 Å². The van der Waals surface area contributed by atoms with Crippen molar-refractivity contribution in [3.63, 3.8) is 0 Å². The van der Waals surface area contributed by atoms with E-state index in [4.69, 9.17) is 11.6 Å². The van der Waals surface area contributed by atoms with Gasteiger partial charge in [-0.05, 0) is 24.6 Å². The van der Waals surface area contributed by atoms with Crippen LogP contribution in [0.5, 0.6) is 0 Å². The normalized spacial score (nSPS) is 9.75. The molecule has 1 rings (SSSR count). The van der Waals surface area contributed by atoms with Crippen LogP contribution in [0.25, 0.3) is 0 Å². The van der Waals surface area contributed by atoms with E-state index < -0.39 is 11.8 Å². The predicted molar refractivity (Wildman–Crippen MR) is 76.5 cm³/mol. The number of anilines is 1. The highest BCUT2D eigenvalue weighted by molar-refractivity contribution is 6.39.